The third-order valence-electron chi connectivity index (χ3n) is 8.27. The standard InChI is InChI=1S/C37H38N2O6/c1-6-42-36(41)37(16-17-37)45-35(34-24(4)38-25(5)43-34)31-21-28-19-26(13-15-30(28)44-31)20-32(40)39-33(27-10-8-7-9-11-27)29-14-12-22(2)18-23(29)3/h7-15,18-19,21,33,35H,6,16-17,20H2,1-5H3,(H,39,40). The zero-order valence-corrected chi connectivity index (χ0v) is 26.3. The number of benzene rings is 3. The lowest BCUT2D eigenvalue weighted by molar-refractivity contribution is -0.164. The van der Waals surface area contributed by atoms with Crippen molar-refractivity contribution < 1.29 is 27.9 Å². The number of carbonyl (C=O) groups excluding carboxylic acids is 2. The van der Waals surface area contributed by atoms with Crippen LogP contribution in [0.15, 0.2) is 81.6 Å². The van der Waals surface area contributed by atoms with Crippen molar-refractivity contribution >= 4 is 22.8 Å². The second kappa shape index (κ2) is 12.4. The van der Waals surface area contributed by atoms with Gasteiger partial charge >= 0.3 is 5.97 Å². The van der Waals surface area contributed by atoms with Crippen LogP contribution in [0.25, 0.3) is 11.0 Å². The lowest BCUT2D eigenvalue weighted by Crippen LogP contribution is -2.31. The molecule has 8 heteroatoms. The summed E-state index contributed by atoms with van der Waals surface area (Å²) in [5, 5.41) is 4.08. The van der Waals surface area contributed by atoms with Gasteiger partial charge in [-0.3, -0.25) is 4.79 Å². The number of ether oxygens (including phenoxy) is 2. The van der Waals surface area contributed by atoms with Crippen LogP contribution in [0.1, 0.15) is 82.8 Å². The summed E-state index contributed by atoms with van der Waals surface area (Å²) < 4.78 is 23.9. The van der Waals surface area contributed by atoms with Gasteiger partial charge < -0.3 is 23.6 Å². The van der Waals surface area contributed by atoms with Crippen molar-refractivity contribution in [1.82, 2.24) is 10.3 Å². The first-order chi connectivity index (χ1) is 21.7. The third-order valence-corrected chi connectivity index (χ3v) is 8.27. The van der Waals surface area contributed by atoms with Crippen molar-refractivity contribution in [2.45, 2.75) is 71.6 Å². The van der Waals surface area contributed by atoms with Crippen molar-refractivity contribution in [1.29, 1.82) is 0 Å². The molecule has 1 amide bonds. The number of hydrogen-bond acceptors (Lipinski definition) is 7. The summed E-state index contributed by atoms with van der Waals surface area (Å²) in [4.78, 5) is 30.7. The van der Waals surface area contributed by atoms with Crippen molar-refractivity contribution in [3.63, 3.8) is 0 Å². The fourth-order valence-corrected chi connectivity index (χ4v) is 5.89. The van der Waals surface area contributed by atoms with E-state index >= 15 is 0 Å². The van der Waals surface area contributed by atoms with E-state index in [0.29, 0.717) is 41.5 Å². The smallest absolute Gasteiger partial charge is 0.338 e. The van der Waals surface area contributed by atoms with Gasteiger partial charge in [0.05, 0.1) is 24.8 Å². The molecule has 5 aromatic rings. The van der Waals surface area contributed by atoms with E-state index in [1.54, 1.807) is 13.8 Å². The molecule has 2 atom stereocenters. The maximum Gasteiger partial charge on any atom is 0.338 e. The van der Waals surface area contributed by atoms with E-state index in [1.165, 1.54) is 5.56 Å². The van der Waals surface area contributed by atoms with Gasteiger partial charge in [0.1, 0.15) is 11.3 Å². The van der Waals surface area contributed by atoms with Gasteiger partial charge in [0.15, 0.2) is 23.4 Å². The molecule has 2 heterocycles. The number of aromatic nitrogens is 1. The van der Waals surface area contributed by atoms with Gasteiger partial charge in [0, 0.05) is 12.3 Å². The highest BCUT2D eigenvalue weighted by Crippen LogP contribution is 2.47. The quantitative estimate of drug-likeness (QED) is 0.157. The number of oxazole rings is 1. The largest absolute Gasteiger partial charge is 0.464 e. The van der Waals surface area contributed by atoms with E-state index in [4.69, 9.17) is 18.3 Å². The van der Waals surface area contributed by atoms with Crippen LogP contribution in [0.3, 0.4) is 0 Å². The first kappa shape index (κ1) is 30.3. The Morgan fingerprint density at radius 3 is 2.40 bits per heavy atom. The maximum atomic E-state index is 13.5. The molecular weight excluding hydrogens is 568 g/mol. The number of rotatable bonds is 11. The predicted molar refractivity (Wildman–Crippen MR) is 170 cm³/mol. The SMILES string of the molecule is CCOC(=O)C1(OC(c2cc3cc(CC(=O)NC(c4ccccc4)c4ccc(C)cc4C)ccc3o2)c2oc(C)nc2C)CC1. The number of amides is 1. The summed E-state index contributed by atoms with van der Waals surface area (Å²) in [6.45, 7) is 9.79. The van der Waals surface area contributed by atoms with Gasteiger partial charge in [-0.2, -0.15) is 0 Å². The average Bonchev–Trinajstić information content (AvgIpc) is 3.56. The molecule has 0 saturated heterocycles. The highest BCUT2D eigenvalue weighted by atomic mass is 16.6. The number of fused-ring (bicyclic) bond motifs is 1. The molecule has 3 aromatic carbocycles. The van der Waals surface area contributed by atoms with Gasteiger partial charge in [-0.1, -0.05) is 60.2 Å². The molecule has 0 bridgehead atoms. The Labute approximate surface area is 262 Å². The normalized spacial score (nSPS) is 15.0. The molecule has 2 unspecified atom stereocenters. The number of carbonyl (C=O) groups is 2. The Kier molecular flexibility index (Phi) is 8.34. The first-order valence-electron chi connectivity index (χ1n) is 15.4. The molecule has 0 radical (unpaired) electrons. The summed E-state index contributed by atoms with van der Waals surface area (Å²) in [5.74, 6) is 0.991. The third kappa shape index (κ3) is 6.42. The van der Waals surface area contributed by atoms with Crippen molar-refractivity contribution in [3.05, 3.63) is 124 Å². The zero-order chi connectivity index (χ0) is 31.7. The molecule has 2 aromatic heterocycles. The molecule has 45 heavy (non-hydrogen) atoms. The molecule has 1 aliphatic carbocycles. The van der Waals surface area contributed by atoms with E-state index in [0.717, 1.165) is 27.6 Å². The fraction of sp³-hybridized carbons (Fsp3) is 0.324. The van der Waals surface area contributed by atoms with Crippen LogP contribution in [0.2, 0.25) is 0 Å². The van der Waals surface area contributed by atoms with Crippen molar-refractivity contribution in [2.24, 2.45) is 0 Å². The number of nitrogens with one attached hydrogen (secondary N) is 1. The maximum absolute atomic E-state index is 13.5. The van der Waals surface area contributed by atoms with Crippen LogP contribution in [-0.4, -0.2) is 29.1 Å². The van der Waals surface area contributed by atoms with E-state index < -0.39 is 11.7 Å². The van der Waals surface area contributed by atoms with Gasteiger partial charge in [-0.25, -0.2) is 9.78 Å². The number of esters is 1. The first-order valence-corrected chi connectivity index (χ1v) is 15.4. The molecule has 8 nitrogen and oxygen atoms in total. The van der Waals surface area contributed by atoms with E-state index in [-0.39, 0.29) is 30.9 Å². The Morgan fingerprint density at radius 2 is 1.73 bits per heavy atom. The Bertz CT molecular complexity index is 1850. The van der Waals surface area contributed by atoms with Gasteiger partial charge in [-0.05, 0) is 81.0 Å². The Morgan fingerprint density at radius 1 is 0.956 bits per heavy atom. The summed E-state index contributed by atoms with van der Waals surface area (Å²) in [6, 6.07) is 23.6. The van der Waals surface area contributed by atoms with Crippen LogP contribution >= 0.6 is 0 Å². The van der Waals surface area contributed by atoms with Crippen molar-refractivity contribution in [3.8, 4) is 0 Å². The molecule has 1 saturated carbocycles. The summed E-state index contributed by atoms with van der Waals surface area (Å²) in [5.41, 5.74) is 5.48. The number of aryl methyl sites for hydroxylation is 4. The lowest BCUT2D eigenvalue weighted by Gasteiger charge is -2.22. The van der Waals surface area contributed by atoms with Crippen LogP contribution in [0.5, 0.6) is 0 Å². The minimum Gasteiger partial charge on any atom is -0.464 e. The molecule has 1 N–H and O–H groups in total. The molecule has 6 rings (SSSR count). The van der Waals surface area contributed by atoms with Crippen LogP contribution in [0, 0.1) is 27.7 Å². The molecule has 232 valence electrons. The molecule has 0 aliphatic heterocycles. The van der Waals surface area contributed by atoms with Crippen LogP contribution in [0.4, 0.5) is 0 Å². The average molecular weight is 607 g/mol. The summed E-state index contributed by atoms with van der Waals surface area (Å²) in [6.07, 6.45) is 0.513. The second-order valence-electron chi connectivity index (χ2n) is 11.9. The van der Waals surface area contributed by atoms with Crippen molar-refractivity contribution in [2.75, 3.05) is 6.61 Å². The highest BCUT2D eigenvalue weighted by molar-refractivity contribution is 5.84. The second-order valence-corrected chi connectivity index (χ2v) is 11.9. The van der Waals surface area contributed by atoms with E-state index in [1.807, 2.05) is 61.5 Å². The minimum atomic E-state index is -1.04. The topological polar surface area (TPSA) is 104 Å². The monoisotopic (exact) mass is 606 g/mol. The highest BCUT2D eigenvalue weighted by Gasteiger charge is 2.55. The Hall–Kier alpha value is -4.69. The molecular formula is C37H38N2O6. The van der Waals surface area contributed by atoms with Gasteiger partial charge in [-0.15, -0.1) is 0 Å². The molecule has 1 fully saturated rings. The number of nitrogens with zero attached hydrogens (tertiary/aromatic N) is 1. The summed E-state index contributed by atoms with van der Waals surface area (Å²) in [7, 11) is 0. The predicted octanol–water partition coefficient (Wildman–Crippen LogP) is 7.30. The van der Waals surface area contributed by atoms with E-state index in [9.17, 15) is 9.59 Å². The van der Waals surface area contributed by atoms with Crippen LogP contribution in [-0.2, 0) is 25.5 Å². The molecule has 0 spiro atoms. The minimum absolute atomic E-state index is 0.0917. The summed E-state index contributed by atoms with van der Waals surface area (Å²) >= 11 is 0. The van der Waals surface area contributed by atoms with Gasteiger partial charge in [0.25, 0.3) is 0 Å². The van der Waals surface area contributed by atoms with E-state index in [2.05, 4.69) is 42.3 Å². The zero-order valence-electron chi connectivity index (χ0n) is 26.3. The molecule has 1 aliphatic rings. The number of furan rings is 1. The van der Waals surface area contributed by atoms with Crippen LogP contribution < -0.4 is 5.32 Å². The lowest BCUT2D eigenvalue weighted by atomic mass is 9.93. The van der Waals surface area contributed by atoms with Gasteiger partial charge in [0.2, 0.25) is 5.91 Å². The Balaban J connectivity index is 1.26. The fourth-order valence-electron chi connectivity index (χ4n) is 5.89. The number of hydrogen-bond donors (Lipinski definition) is 1.